The van der Waals surface area contributed by atoms with Crippen molar-refractivity contribution in [2.75, 3.05) is 13.1 Å². The SMILES string of the molecule is NCCc1nc(C(=O)NCC2CCCC(O)C2)cs1. The summed E-state index contributed by atoms with van der Waals surface area (Å²) in [4.78, 5) is 16.2. The van der Waals surface area contributed by atoms with Crippen LogP contribution in [0.5, 0.6) is 0 Å². The van der Waals surface area contributed by atoms with Gasteiger partial charge in [-0.1, -0.05) is 6.42 Å². The highest BCUT2D eigenvalue weighted by molar-refractivity contribution is 7.09. The van der Waals surface area contributed by atoms with Gasteiger partial charge in [-0.25, -0.2) is 4.98 Å². The number of amides is 1. The first kappa shape index (κ1) is 14.4. The van der Waals surface area contributed by atoms with Crippen LogP contribution in [-0.4, -0.2) is 35.2 Å². The van der Waals surface area contributed by atoms with Crippen LogP contribution in [0.4, 0.5) is 0 Å². The van der Waals surface area contributed by atoms with E-state index in [0.717, 1.165) is 30.7 Å². The minimum absolute atomic E-state index is 0.125. The maximum Gasteiger partial charge on any atom is 0.270 e. The van der Waals surface area contributed by atoms with Crippen LogP contribution in [-0.2, 0) is 6.42 Å². The number of hydrogen-bond donors (Lipinski definition) is 3. The molecule has 1 heterocycles. The fourth-order valence-corrected chi connectivity index (χ4v) is 3.22. The quantitative estimate of drug-likeness (QED) is 0.750. The van der Waals surface area contributed by atoms with Crippen molar-refractivity contribution in [2.24, 2.45) is 11.7 Å². The van der Waals surface area contributed by atoms with E-state index in [2.05, 4.69) is 10.3 Å². The highest BCUT2D eigenvalue weighted by atomic mass is 32.1. The molecular weight excluding hydrogens is 262 g/mol. The van der Waals surface area contributed by atoms with E-state index in [1.165, 1.54) is 11.3 Å². The lowest BCUT2D eigenvalue weighted by Crippen LogP contribution is -2.33. The Hall–Kier alpha value is -0.980. The molecular formula is C13H21N3O2S. The number of hydrogen-bond acceptors (Lipinski definition) is 5. The number of thiazole rings is 1. The molecule has 2 unspecified atom stereocenters. The van der Waals surface area contributed by atoms with E-state index in [-0.39, 0.29) is 12.0 Å². The molecule has 1 aliphatic carbocycles. The smallest absolute Gasteiger partial charge is 0.270 e. The normalized spacial score (nSPS) is 23.3. The Labute approximate surface area is 117 Å². The predicted octanol–water partition coefficient (Wildman–Crippen LogP) is 0.925. The molecule has 0 saturated heterocycles. The van der Waals surface area contributed by atoms with Gasteiger partial charge in [0.05, 0.1) is 11.1 Å². The van der Waals surface area contributed by atoms with Crippen molar-refractivity contribution in [3.05, 3.63) is 16.1 Å². The van der Waals surface area contributed by atoms with E-state index in [0.29, 0.717) is 31.1 Å². The number of nitrogens with two attached hydrogens (primary N) is 1. The van der Waals surface area contributed by atoms with Crippen molar-refractivity contribution in [1.29, 1.82) is 0 Å². The van der Waals surface area contributed by atoms with E-state index in [1.807, 2.05) is 0 Å². The third kappa shape index (κ3) is 4.26. The maximum atomic E-state index is 11.9. The van der Waals surface area contributed by atoms with Crippen LogP contribution in [0.3, 0.4) is 0 Å². The van der Waals surface area contributed by atoms with Crippen LogP contribution in [0.15, 0.2) is 5.38 Å². The molecule has 1 saturated carbocycles. The van der Waals surface area contributed by atoms with Gasteiger partial charge in [0.1, 0.15) is 5.69 Å². The van der Waals surface area contributed by atoms with E-state index in [4.69, 9.17) is 5.73 Å². The summed E-state index contributed by atoms with van der Waals surface area (Å²) in [6.07, 6.45) is 4.30. The zero-order valence-corrected chi connectivity index (χ0v) is 11.8. The lowest BCUT2D eigenvalue weighted by atomic mass is 9.87. The van der Waals surface area contributed by atoms with Gasteiger partial charge in [0, 0.05) is 18.3 Å². The van der Waals surface area contributed by atoms with E-state index >= 15 is 0 Å². The fraction of sp³-hybridized carbons (Fsp3) is 0.692. The molecule has 1 aromatic rings. The topological polar surface area (TPSA) is 88.2 Å². The summed E-state index contributed by atoms with van der Waals surface area (Å²) in [6.45, 7) is 1.17. The predicted molar refractivity (Wildman–Crippen MR) is 75.2 cm³/mol. The van der Waals surface area contributed by atoms with Gasteiger partial charge in [0.25, 0.3) is 5.91 Å². The molecule has 0 spiro atoms. The van der Waals surface area contributed by atoms with Gasteiger partial charge >= 0.3 is 0 Å². The summed E-state index contributed by atoms with van der Waals surface area (Å²) >= 11 is 1.47. The number of carbonyl (C=O) groups is 1. The van der Waals surface area contributed by atoms with Crippen LogP contribution < -0.4 is 11.1 Å². The number of aliphatic hydroxyl groups is 1. The standard InChI is InChI=1S/C13H21N3O2S/c14-5-4-12-16-11(8-19-12)13(18)15-7-9-2-1-3-10(17)6-9/h8-10,17H,1-7,14H2,(H,15,18). The van der Waals surface area contributed by atoms with Crippen LogP contribution in [0.1, 0.15) is 41.2 Å². The molecule has 19 heavy (non-hydrogen) atoms. The lowest BCUT2D eigenvalue weighted by molar-refractivity contribution is 0.0870. The van der Waals surface area contributed by atoms with Gasteiger partial charge in [-0.2, -0.15) is 0 Å². The highest BCUT2D eigenvalue weighted by Gasteiger charge is 2.21. The Bertz CT molecular complexity index is 422. The Morgan fingerprint density at radius 2 is 2.42 bits per heavy atom. The van der Waals surface area contributed by atoms with Gasteiger partial charge in [-0.15, -0.1) is 11.3 Å². The molecule has 1 fully saturated rings. The van der Waals surface area contributed by atoms with Gasteiger partial charge in [-0.3, -0.25) is 4.79 Å². The van der Waals surface area contributed by atoms with Crippen LogP contribution in [0.25, 0.3) is 0 Å². The van der Waals surface area contributed by atoms with Gasteiger partial charge in [0.2, 0.25) is 0 Å². The number of rotatable bonds is 5. The molecule has 2 rings (SSSR count). The third-order valence-electron chi connectivity index (χ3n) is 3.45. The summed E-state index contributed by atoms with van der Waals surface area (Å²) < 4.78 is 0. The van der Waals surface area contributed by atoms with E-state index in [1.54, 1.807) is 5.38 Å². The van der Waals surface area contributed by atoms with Crippen molar-refractivity contribution in [1.82, 2.24) is 10.3 Å². The molecule has 0 radical (unpaired) electrons. The van der Waals surface area contributed by atoms with E-state index in [9.17, 15) is 9.90 Å². The third-order valence-corrected chi connectivity index (χ3v) is 4.36. The van der Waals surface area contributed by atoms with Crippen molar-refractivity contribution in [3.63, 3.8) is 0 Å². The summed E-state index contributed by atoms with van der Waals surface area (Å²) in [5.74, 6) is 0.259. The molecule has 5 nitrogen and oxygen atoms in total. The summed E-state index contributed by atoms with van der Waals surface area (Å²) in [5.41, 5.74) is 5.93. The van der Waals surface area contributed by atoms with Crippen LogP contribution in [0.2, 0.25) is 0 Å². The fourth-order valence-electron chi connectivity index (χ4n) is 2.43. The second-order valence-electron chi connectivity index (χ2n) is 5.06. The molecule has 1 aliphatic rings. The van der Waals surface area contributed by atoms with Gasteiger partial charge in [0.15, 0.2) is 0 Å². The zero-order valence-electron chi connectivity index (χ0n) is 11.0. The monoisotopic (exact) mass is 283 g/mol. The summed E-state index contributed by atoms with van der Waals surface area (Å²) in [6, 6.07) is 0. The average Bonchev–Trinajstić information content (AvgIpc) is 2.85. The summed E-state index contributed by atoms with van der Waals surface area (Å²) in [5, 5.41) is 15.2. The number of carbonyl (C=O) groups excluding carboxylic acids is 1. The highest BCUT2D eigenvalue weighted by Crippen LogP contribution is 2.23. The van der Waals surface area contributed by atoms with Crippen molar-refractivity contribution >= 4 is 17.2 Å². The Balaban J connectivity index is 1.79. The molecule has 0 aromatic carbocycles. The molecule has 2 atom stereocenters. The molecule has 0 bridgehead atoms. The van der Waals surface area contributed by atoms with E-state index < -0.39 is 0 Å². The molecule has 4 N–H and O–H groups in total. The van der Waals surface area contributed by atoms with Crippen molar-refractivity contribution in [2.45, 2.75) is 38.2 Å². The number of nitrogens with zero attached hydrogens (tertiary/aromatic N) is 1. The zero-order chi connectivity index (χ0) is 13.7. The largest absolute Gasteiger partial charge is 0.393 e. The van der Waals surface area contributed by atoms with Crippen LogP contribution >= 0.6 is 11.3 Å². The molecule has 0 aliphatic heterocycles. The summed E-state index contributed by atoms with van der Waals surface area (Å²) in [7, 11) is 0. The molecule has 106 valence electrons. The Morgan fingerprint density at radius 3 is 3.16 bits per heavy atom. The van der Waals surface area contributed by atoms with Gasteiger partial charge in [-0.05, 0) is 31.7 Å². The average molecular weight is 283 g/mol. The molecule has 1 aromatic heterocycles. The second kappa shape index (κ2) is 6.98. The van der Waals surface area contributed by atoms with Crippen molar-refractivity contribution < 1.29 is 9.90 Å². The number of aliphatic hydroxyl groups excluding tert-OH is 1. The first-order valence-corrected chi connectivity index (χ1v) is 7.67. The molecule has 6 heteroatoms. The first-order valence-electron chi connectivity index (χ1n) is 6.79. The lowest BCUT2D eigenvalue weighted by Gasteiger charge is -2.25. The first-order chi connectivity index (χ1) is 9.19. The number of aromatic nitrogens is 1. The maximum absolute atomic E-state index is 11.9. The Kier molecular flexibility index (Phi) is 5.30. The second-order valence-corrected chi connectivity index (χ2v) is 6.00. The van der Waals surface area contributed by atoms with Crippen molar-refractivity contribution in [3.8, 4) is 0 Å². The minimum atomic E-state index is -0.203. The van der Waals surface area contributed by atoms with Gasteiger partial charge < -0.3 is 16.2 Å². The molecule has 1 amide bonds. The Morgan fingerprint density at radius 1 is 1.58 bits per heavy atom. The minimum Gasteiger partial charge on any atom is -0.393 e. The number of nitrogens with one attached hydrogen (secondary N) is 1. The van der Waals surface area contributed by atoms with Crippen LogP contribution in [0, 0.1) is 5.92 Å².